The highest BCUT2D eigenvalue weighted by Gasteiger charge is 2.17. The monoisotopic (exact) mass is 338 g/mol. The molecule has 0 saturated carbocycles. The molecule has 4 aromatic rings. The molecule has 0 bridgehead atoms. The van der Waals surface area contributed by atoms with Crippen LogP contribution in [0.1, 0.15) is 16.4 Å². The number of furan rings is 1. The molecule has 9 heteroatoms. The SMILES string of the molecule is COc1ccc(-n2ccnc2C)n2nc(NC(=O)c3ccco3)nc12. The van der Waals surface area contributed by atoms with Gasteiger partial charge in [-0.1, -0.05) is 0 Å². The number of carbonyl (C=O) groups is 1. The fraction of sp³-hybridized carbons (Fsp3) is 0.125. The van der Waals surface area contributed by atoms with Gasteiger partial charge in [-0.05, 0) is 31.2 Å². The number of imidazole rings is 1. The summed E-state index contributed by atoms with van der Waals surface area (Å²) in [6, 6.07) is 6.82. The summed E-state index contributed by atoms with van der Waals surface area (Å²) < 4.78 is 13.9. The summed E-state index contributed by atoms with van der Waals surface area (Å²) in [6.45, 7) is 1.88. The number of hydrogen-bond donors (Lipinski definition) is 1. The lowest BCUT2D eigenvalue weighted by Gasteiger charge is -2.08. The third kappa shape index (κ3) is 2.51. The Balaban J connectivity index is 1.80. The molecule has 1 amide bonds. The topological polar surface area (TPSA) is 99.5 Å². The van der Waals surface area contributed by atoms with Crippen LogP contribution in [0.2, 0.25) is 0 Å². The van der Waals surface area contributed by atoms with Crippen molar-refractivity contribution in [3.8, 4) is 11.6 Å². The number of amides is 1. The Hall–Kier alpha value is -3.62. The van der Waals surface area contributed by atoms with E-state index in [-0.39, 0.29) is 11.7 Å². The van der Waals surface area contributed by atoms with Crippen LogP contribution in [-0.4, -0.2) is 37.2 Å². The van der Waals surface area contributed by atoms with Gasteiger partial charge in [0.25, 0.3) is 5.91 Å². The summed E-state index contributed by atoms with van der Waals surface area (Å²) in [6.07, 6.45) is 4.94. The van der Waals surface area contributed by atoms with Crippen LogP contribution >= 0.6 is 0 Å². The molecule has 126 valence electrons. The predicted octanol–water partition coefficient (Wildman–Crippen LogP) is 2.08. The van der Waals surface area contributed by atoms with Crippen molar-refractivity contribution in [1.82, 2.24) is 24.1 Å². The lowest BCUT2D eigenvalue weighted by Crippen LogP contribution is -2.12. The van der Waals surface area contributed by atoms with Gasteiger partial charge in [-0.25, -0.2) is 4.98 Å². The molecule has 0 saturated heterocycles. The number of methoxy groups -OCH3 is 1. The number of nitrogens with one attached hydrogen (secondary N) is 1. The summed E-state index contributed by atoms with van der Waals surface area (Å²) in [4.78, 5) is 20.7. The van der Waals surface area contributed by atoms with Crippen LogP contribution in [0.3, 0.4) is 0 Å². The second-order valence-electron chi connectivity index (χ2n) is 5.21. The molecule has 0 aliphatic carbocycles. The Morgan fingerprint density at radius 2 is 2.20 bits per heavy atom. The first-order valence-electron chi connectivity index (χ1n) is 7.46. The van der Waals surface area contributed by atoms with Gasteiger partial charge in [0.1, 0.15) is 11.6 Å². The maximum atomic E-state index is 12.1. The molecule has 0 fully saturated rings. The van der Waals surface area contributed by atoms with Crippen molar-refractivity contribution < 1.29 is 13.9 Å². The van der Waals surface area contributed by atoms with E-state index in [1.54, 1.807) is 36.0 Å². The van der Waals surface area contributed by atoms with Crippen LogP contribution in [0.25, 0.3) is 11.5 Å². The molecule has 9 nitrogen and oxygen atoms in total. The number of carbonyl (C=O) groups excluding carboxylic acids is 1. The highest BCUT2D eigenvalue weighted by atomic mass is 16.5. The summed E-state index contributed by atoms with van der Waals surface area (Å²) in [5, 5.41) is 6.99. The lowest BCUT2D eigenvalue weighted by atomic mass is 10.4. The number of aryl methyl sites for hydroxylation is 1. The van der Waals surface area contributed by atoms with Crippen molar-refractivity contribution >= 4 is 17.5 Å². The molecule has 0 aromatic carbocycles. The maximum absolute atomic E-state index is 12.1. The zero-order valence-electron chi connectivity index (χ0n) is 13.5. The van der Waals surface area contributed by atoms with E-state index in [0.29, 0.717) is 11.4 Å². The summed E-state index contributed by atoms with van der Waals surface area (Å²) in [7, 11) is 1.55. The molecule has 0 unspecified atom stereocenters. The molecule has 4 rings (SSSR count). The number of pyridine rings is 1. The van der Waals surface area contributed by atoms with Crippen molar-refractivity contribution in [2.75, 3.05) is 12.4 Å². The van der Waals surface area contributed by atoms with Crippen LogP contribution in [0, 0.1) is 6.92 Å². The summed E-state index contributed by atoms with van der Waals surface area (Å²) in [5.74, 6) is 1.94. The van der Waals surface area contributed by atoms with Crippen LogP contribution < -0.4 is 10.1 Å². The third-order valence-corrected chi connectivity index (χ3v) is 3.69. The van der Waals surface area contributed by atoms with E-state index < -0.39 is 5.91 Å². The number of aromatic nitrogens is 5. The second-order valence-corrected chi connectivity index (χ2v) is 5.21. The Morgan fingerprint density at radius 3 is 2.88 bits per heavy atom. The number of rotatable bonds is 4. The van der Waals surface area contributed by atoms with E-state index in [4.69, 9.17) is 9.15 Å². The van der Waals surface area contributed by atoms with E-state index in [9.17, 15) is 4.79 Å². The molecule has 0 radical (unpaired) electrons. The van der Waals surface area contributed by atoms with E-state index in [1.807, 2.05) is 23.8 Å². The number of fused-ring (bicyclic) bond motifs is 1. The van der Waals surface area contributed by atoms with Gasteiger partial charge < -0.3 is 9.15 Å². The largest absolute Gasteiger partial charge is 0.493 e. The first-order chi connectivity index (χ1) is 12.2. The van der Waals surface area contributed by atoms with Crippen LogP contribution in [0.4, 0.5) is 5.95 Å². The predicted molar refractivity (Wildman–Crippen MR) is 88.1 cm³/mol. The van der Waals surface area contributed by atoms with Crippen LogP contribution in [0.5, 0.6) is 5.75 Å². The first kappa shape index (κ1) is 14.9. The van der Waals surface area contributed by atoms with Gasteiger partial charge in [-0.15, -0.1) is 5.10 Å². The standard InChI is InChI=1S/C16H14N6O3/c1-10-17-7-8-21(10)13-6-5-11(24-2)14-18-16(20-22(13)14)19-15(23)12-4-3-9-25-12/h3-9H,1-2H3,(H,19,20,23). The maximum Gasteiger partial charge on any atom is 0.293 e. The number of anilines is 1. The Kier molecular flexibility index (Phi) is 3.46. The van der Waals surface area contributed by atoms with Crippen molar-refractivity contribution in [3.63, 3.8) is 0 Å². The molecule has 4 aromatic heterocycles. The Labute approximate surface area is 141 Å². The summed E-state index contributed by atoms with van der Waals surface area (Å²) >= 11 is 0. The minimum atomic E-state index is -0.430. The quantitative estimate of drug-likeness (QED) is 0.611. The van der Waals surface area contributed by atoms with Gasteiger partial charge >= 0.3 is 0 Å². The first-order valence-corrected chi connectivity index (χ1v) is 7.46. The molecular weight excluding hydrogens is 324 g/mol. The van der Waals surface area contributed by atoms with Gasteiger partial charge in [0.05, 0.1) is 13.4 Å². The van der Waals surface area contributed by atoms with Gasteiger partial charge in [-0.3, -0.25) is 14.7 Å². The highest BCUT2D eigenvalue weighted by Crippen LogP contribution is 2.23. The minimum Gasteiger partial charge on any atom is -0.493 e. The molecule has 0 spiro atoms. The molecule has 0 aliphatic rings. The fourth-order valence-corrected chi connectivity index (χ4v) is 2.51. The number of ether oxygens (including phenoxy) is 1. The number of hydrogen-bond acceptors (Lipinski definition) is 6. The lowest BCUT2D eigenvalue weighted by molar-refractivity contribution is 0.0996. The number of nitrogens with zero attached hydrogens (tertiary/aromatic N) is 5. The van der Waals surface area contributed by atoms with Gasteiger partial charge in [0, 0.05) is 12.4 Å². The molecule has 25 heavy (non-hydrogen) atoms. The van der Waals surface area contributed by atoms with Crippen molar-refractivity contribution in [2.45, 2.75) is 6.92 Å². The molecular formula is C16H14N6O3. The van der Waals surface area contributed by atoms with Gasteiger partial charge in [-0.2, -0.15) is 9.50 Å². The van der Waals surface area contributed by atoms with Gasteiger partial charge in [0.15, 0.2) is 11.5 Å². The molecule has 0 aliphatic heterocycles. The van der Waals surface area contributed by atoms with Crippen LogP contribution in [0.15, 0.2) is 47.3 Å². The van der Waals surface area contributed by atoms with E-state index in [0.717, 1.165) is 11.6 Å². The van der Waals surface area contributed by atoms with E-state index in [1.165, 1.54) is 6.26 Å². The Morgan fingerprint density at radius 1 is 1.32 bits per heavy atom. The average Bonchev–Trinajstić information content (AvgIpc) is 3.34. The smallest absolute Gasteiger partial charge is 0.293 e. The Bertz CT molecular complexity index is 1050. The average molecular weight is 338 g/mol. The highest BCUT2D eigenvalue weighted by molar-refractivity contribution is 6.01. The zero-order chi connectivity index (χ0) is 17.4. The van der Waals surface area contributed by atoms with Gasteiger partial charge in [0.2, 0.25) is 11.6 Å². The van der Waals surface area contributed by atoms with Crippen molar-refractivity contribution in [3.05, 3.63) is 54.5 Å². The third-order valence-electron chi connectivity index (χ3n) is 3.69. The summed E-state index contributed by atoms with van der Waals surface area (Å²) in [5.41, 5.74) is 0.475. The van der Waals surface area contributed by atoms with Crippen molar-refractivity contribution in [2.24, 2.45) is 0 Å². The van der Waals surface area contributed by atoms with E-state index in [2.05, 4.69) is 20.4 Å². The normalized spacial score (nSPS) is 11.0. The van der Waals surface area contributed by atoms with Crippen LogP contribution in [-0.2, 0) is 0 Å². The minimum absolute atomic E-state index is 0.143. The molecule has 0 atom stereocenters. The zero-order valence-corrected chi connectivity index (χ0v) is 13.5. The van der Waals surface area contributed by atoms with E-state index >= 15 is 0 Å². The van der Waals surface area contributed by atoms with Crippen molar-refractivity contribution in [1.29, 1.82) is 0 Å². The molecule has 4 heterocycles. The second kappa shape index (κ2) is 5.78. The fourth-order valence-electron chi connectivity index (χ4n) is 2.51. The molecule has 1 N–H and O–H groups in total.